The number of benzene rings is 1. The minimum atomic E-state index is -0.251. The Morgan fingerprint density at radius 3 is 2.13 bits per heavy atom. The van der Waals surface area contributed by atoms with E-state index in [2.05, 4.69) is 38.1 Å². The van der Waals surface area contributed by atoms with Crippen LogP contribution in [0, 0.1) is 5.92 Å². The largest absolute Gasteiger partial charge is 0.388 e. The number of aliphatic hydroxyl groups excluding tert-OH is 1. The van der Waals surface area contributed by atoms with Crippen molar-refractivity contribution in [2.75, 3.05) is 0 Å². The molecule has 1 aromatic carbocycles. The Hall–Kier alpha value is -0.820. The van der Waals surface area contributed by atoms with E-state index in [4.69, 9.17) is 0 Å². The molecule has 1 fully saturated rings. The van der Waals surface area contributed by atoms with Crippen LogP contribution in [0.1, 0.15) is 56.3 Å². The Balaban J connectivity index is 2.01. The van der Waals surface area contributed by atoms with Crippen LogP contribution in [0.2, 0.25) is 0 Å². The molecular formula is C14H20O. The van der Waals surface area contributed by atoms with Gasteiger partial charge >= 0.3 is 0 Å². The highest BCUT2D eigenvalue weighted by atomic mass is 16.3. The predicted octanol–water partition coefficient (Wildman–Crippen LogP) is 3.64. The van der Waals surface area contributed by atoms with Crippen LogP contribution in [0.15, 0.2) is 24.3 Å². The summed E-state index contributed by atoms with van der Waals surface area (Å²) < 4.78 is 0. The zero-order valence-electron chi connectivity index (χ0n) is 9.61. The number of hydrogen-bond donors (Lipinski definition) is 1. The maximum absolute atomic E-state index is 9.96. The molecule has 1 saturated carbocycles. The average Bonchev–Trinajstić information content (AvgIpc) is 3.02. The number of hydrogen-bond acceptors (Lipinski definition) is 1. The Morgan fingerprint density at radius 2 is 1.67 bits per heavy atom. The van der Waals surface area contributed by atoms with E-state index in [1.807, 2.05) is 0 Å². The van der Waals surface area contributed by atoms with E-state index in [0.717, 1.165) is 17.9 Å². The third-order valence-corrected chi connectivity index (χ3v) is 3.24. The first-order valence-electron chi connectivity index (χ1n) is 5.94. The monoisotopic (exact) mass is 204 g/mol. The number of rotatable bonds is 4. The topological polar surface area (TPSA) is 20.2 Å². The summed E-state index contributed by atoms with van der Waals surface area (Å²) in [5.74, 6) is 1.35. The Labute approximate surface area is 92.1 Å². The highest BCUT2D eigenvalue weighted by molar-refractivity contribution is 5.26. The van der Waals surface area contributed by atoms with Crippen molar-refractivity contribution < 1.29 is 5.11 Å². The fraction of sp³-hybridized carbons (Fsp3) is 0.571. The Bertz CT molecular complexity index is 309. The van der Waals surface area contributed by atoms with Crippen molar-refractivity contribution in [3.05, 3.63) is 35.4 Å². The van der Waals surface area contributed by atoms with Crippen molar-refractivity contribution in [3.63, 3.8) is 0 Å². The fourth-order valence-corrected chi connectivity index (χ4v) is 1.91. The first kappa shape index (κ1) is 10.7. The van der Waals surface area contributed by atoms with Gasteiger partial charge in [-0.3, -0.25) is 0 Å². The first-order chi connectivity index (χ1) is 7.16. The van der Waals surface area contributed by atoms with Gasteiger partial charge in [0.1, 0.15) is 0 Å². The molecule has 0 aliphatic heterocycles. The zero-order chi connectivity index (χ0) is 10.8. The maximum atomic E-state index is 9.96. The van der Waals surface area contributed by atoms with Gasteiger partial charge in [-0.1, -0.05) is 51.0 Å². The van der Waals surface area contributed by atoms with Crippen molar-refractivity contribution in [1.82, 2.24) is 0 Å². The molecule has 0 heterocycles. The highest BCUT2D eigenvalue weighted by Gasteiger charge is 2.25. The van der Waals surface area contributed by atoms with Gasteiger partial charge in [0.2, 0.25) is 0 Å². The molecule has 1 N–H and O–H groups in total. The quantitative estimate of drug-likeness (QED) is 0.793. The van der Waals surface area contributed by atoms with E-state index in [0.29, 0.717) is 5.92 Å². The summed E-state index contributed by atoms with van der Waals surface area (Å²) in [5.41, 5.74) is 2.42. The van der Waals surface area contributed by atoms with Crippen LogP contribution in [-0.4, -0.2) is 5.11 Å². The summed E-state index contributed by atoms with van der Waals surface area (Å²) >= 11 is 0. The predicted molar refractivity (Wildman–Crippen MR) is 62.8 cm³/mol. The molecule has 1 aliphatic carbocycles. The van der Waals surface area contributed by atoms with E-state index in [-0.39, 0.29) is 6.10 Å². The molecule has 1 atom stereocenters. The van der Waals surface area contributed by atoms with E-state index >= 15 is 0 Å². The number of aliphatic hydroxyl groups is 1. The van der Waals surface area contributed by atoms with Crippen LogP contribution in [0.25, 0.3) is 0 Å². The summed E-state index contributed by atoms with van der Waals surface area (Å²) in [5, 5.41) is 9.96. The van der Waals surface area contributed by atoms with Crippen molar-refractivity contribution in [1.29, 1.82) is 0 Å². The minimum Gasteiger partial charge on any atom is -0.388 e. The Kier molecular flexibility index (Phi) is 3.11. The molecule has 1 nitrogen and oxygen atoms in total. The molecule has 2 rings (SSSR count). The third-order valence-electron chi connectivity index (χ3n) is 3.24. The van der Waals surface area contributed by atoms with Gasteiger partial charge in [-0.25, -0.2) is 0 Å². The van der Waals surface area contributed by atoms with Gasteiger partial charge in [0, 0.05) is 0 Å². The van der Waals surface area contributed by atoms with Gasteiger partial charge in [0.05, 0.1) is 6.10 Å². The van der Waals surface area contributed by atoms with Crippen LogP contribution in [0.3, 0.4) is 0 Å². The van der Waals surface area contributed by atoms with E-state index in [9.17, 15) is 5.11 Å². The normalized spacial score (nSPS) is 18.1. The third kappa shape index (κ3) is 2.82. The molecule has 1 heteroatoms. The molecule has 1 aromatic rings. The molecule has 1 aliphatic rings. The lowest BCUT2D eigenvalue weighted by molar-refractivity contribution is 0.160. The molecular weight excluding hydrogens is 184 g/mol. The van der Waals surface area contributed by atoms with Crippen LogP contribution < -0.4 is 0 Å². The average molecular weight is 204 g/mol. The summed E-state index contributed by atoms with van der Waals surface area (Å²) in [6.07, 6.45) is 3.31. The molecule has 0 bridgehead atoms. The molecule has 0 saturated heterocycles. The van der Waals surface area contributed by atoms with Crippen molar-refractivity contribution in [2.45, 2.75) is 45.1 Å². The lowest BCUT2D eigenvalue weighted by Gasteiger charge is -2.12. The van der Waals surface area contributed by atoms with E-state index in [1.165, 1.54) is 18.4 Å². The van der Waals surface area contributed by atoms with E-state index < -0.39 is 0 Å². The Morgan fingerprint density at radius 1 is 1.13 bits per heavy atom. The van der Waals surface area contributed by atoms with E-state index in [1.54, 1.807) is 0 Å². The zero-order valence-corrected chi connectivity index (χ0v) is 9.61. The standard InChI is InChI=1S/C14H20O/c1-10(2)12-5-7-13(8-6-12)14(15)9-11-3-4-11/h5-8,10-11,14-15H,3-4,9H2,1-2H3. The lowest BCUT2D eigenvalue weighted by Crippen LogP contribution is -1.99. The van der Waals surface area contributed by atoms with Crippen molar-refractivity contribution >= 4 is 0 Å². The molecule has 0 aromatic heterocycles. The summed E-state index contributed by atoms with van der Waals surface area (Å²) in [6.45, 7) is 4.38. The molecule has 82 valence electrons. The lowest BCUT2D eigenvalue weighted by atomic mass is 9.98. The summed E-state index contributed by atoms with van der Waals surface area (Å²) in [4.78, 5) is 0. The molecule has 15 heavy (non-hydrogen) atoms. The van der Waals surface area contributed by atoms with Gasteiger partial charge in [-0.05, 0) is 29.4 Å². The first-order valence-corrected chi connectivity index (χ1v) is 5.94. The van der Waals surface area contributed by atoms with Gasteiger partial charge in [-0.15, -0.1) is 0 Å². The van der Waals surface area contributed by atoms with Crippen LogP contribution in [0.4, 0.5) is 0 Å². The minimum absolute atomic E-state index is 0.251. The second kappa shape index (κ2) is 4.36. The second-order valence-electron chi connectivity index (χ2n) is 5.02. The van der Waals surface area contributed by atoms with Crippen LogP contribution in [0.5, 0.6) is 0 Å². The van der Waals surface area contributed by atoms with Gasteiger partial charge in [-0.2, -0.15) is 0 Å². The summed E-state index contributed by atoms with van der Waals surface area (Å²) in [6, 6.07) is 8.41. The smallest absolute Gasteiger partial charge is 0.0792 e. The fourth-order valence-electron chi connectivity index (χ4n) is 1.91. The van der Waals surface area contributed by atoms with Crippen LogP contribution >= 0.6 is 0 Å². The van der Waals surface area contributed by atoms with Crippen LogP contribution in [-0.2, 0) is 0 Å². The molecule has 0 radical (unpaired) electrons. The van der Waals surface area contributed by atoms with Gasteiger partial charge in [0.15, 0.2) is 0 Å². The molecule has 1 unspecified atom stereocenters. The van der Waals surface area contributed by atoms with Gasteiger partial charge in [0.25, 0.3) is 0 Å². The SMILES string of the molecule is CC(C)c1ccc(C(O)CC2CC2)cc1. The van der Waals surface area contributed by atoms with Crippen molar-refractivity contribution in [3.8, 4) is 0 Å². The highest BCUT2D eigenvalue weighted by Crippen LogP contribution is 2.37. The second-order valence-corrected chi connectivity index (χ2v) is 5.02. The molecule has 0 spiro atoms. The maximum Gasteiger partial charge on any atom is 0.0792 e. The van der Waals surface area contributed by atoms with Crippen molar-refractivity contribution in [2.24, 2.45) is 5.92 Å². The summed E-state index contributed by atoms with van der Waals surface area (Å²) in [7, 11) is 0. The molecule has 0 amide bonds. The van der Waals surface area contributed by atoms with Gasteiger partial charge < -0.3 is 5.11 Å².